The van der Waals surface area contributed by atoms with E-state index in [4.69, 9.17) is 11.6 Å². The summed E-state index contributed by atoms with van der Waals surface area (Å²) in [6.07, 6.45) is 1.88. The molecular weight excluding hydrogens is 346 g/mol. The predicted molar refractivity (Wildman–Crippen MR) is 102 cm³/mol. The summed E-state index contributed by atoms with van der Waals surface area (Å²) in [5, 5.41) is 7.21. The summed E-state index contributed by atoms with van der Waals surface area (Å²) in [6, 6.07) is 7.60. The molecule has 1 aromatic carbocycles. The molecule has 136 valence electrons. The lowest BCUT2D eigenvalue weighted by Gasteiger charge is -2.25. The van der Waals surface area contributed by atoms with Gasteiger partial charge in [0, 0.05) is 24.4 Å². The van der Waals surface area contributed by atoms with Crippen LogP contribution in [-0.2, 0) is 16.4 Å². The summed E-state index contributed by atoms with van der Waals surface area (Å²) >= 11 is 5.88. The Kier molecular flexibility index (Phi) is 8.03. The van der Waals surface area contributed by atoms with Gasteiger partial charge in [-0.1, -0.05) is 37.6 Å². The van der Waals surface area contributed by atoms with Crippen LogP contribution in [0.25, 0.3) is 0 Å². The van der Waals surface area contributed by atoms with Crippen molar-refractivity contribution >= 4 is 27.4 Å². The highest BCUT2D eigenvalue weighted by Crippen LogP contribution is 2.19. The molecule has 0 aliphatic carbocycles. The van der Waals surface area contributed by atoms with Crippen LogP contribution >= 0.6 is 11.6 Å². The fourth-order valence-electron chi connectivity index (χ4n) is 1.97. The van der Waals surface area contributed by atoms with Crippen molar-refractivity contribution in [2.24, 2.45) is 10.4 Å². The number of nitrogens with zero attached hydrogens (tertiary/aromatic N) is 1. The molecule has 5 nitrogen and oxygen atoms in total. The number of hydrogen-bond donors (Lipinski definition) is 2. The number of benzene rings is 1. The zero-order chi connectivity index (χ0) is 18.2. The van der Waals surface area contributed by atoms with Gasteiger partial charge in [-0.25, -0.2) is 13.4 Å². The fraction of sp³-hybridized carbons (Fsp3) is 0.588. The number of guanidine groups is 1. The maximum absolute atomic E-state index is 11.3. The van der Waals surface area contributed by atoms with Crippen LogP contribution in [0.4, 0.5) is 0 Å². The van der Waals surface area contributed by atoms with Crippen molar-refractivity contribution in [3.8, 4) is 0 Å². The van der Waals surface area contributed by atoms with Crippen LogP contribution in [0.1, 0.15) is 32.8 Å². The fourth-order valence-corrected chi connectivity index (χ4v) is 3.02. The van der Waals surface area contributed by atoms with Crippen LogP contribution in [-0.4, -0.2) is 39.5 Å². The highest BCUT2D eigenvalue weighted by Gasteiger charge is 2.20. The first kappa shape index (κ1) is 20.8. The molecule has 0 bridgehead atoms. The SMILES string of the molecule is CCNC(=NCc1ccc(Cl)cc1)NCC(C)(C)CCS(C)(=O)=O. The molecule has 0 unspecified atom stereocenters. The van der Waals surface area contributed by atoms with Gasteiger partial charge in [-0.3, -0.25) is 0 Å². The summed E-state index contributed by atoms with van der Waals surface area (Å²) in [5.41, 5.74) is 0.937. The van der Waals surface area contributed by atoms with Crippen molar-refractivity contribution in [1.82, 2.24) is 10.6 Å². The normalized spacial score (nSPS) is 13.0. The van der Waals surface area contributed by atoms with E-state index in [9.17, 15) is 8.42 Å². The van der Waals surface area contributed by atoms with E-state index in [1.54, 1.807) is 0 Å². The van der Waals surface area contributed by atoms with Gasteiger partial charge in [0.1, 0.15) is 9.84 Å². The van der Waals surface area contributed by atoms with Crippen molar-refractivity contribution in [3.05, 3.63) is 34.9 Å². The maximum Gasteiger partial charge on any atom is 0.191 e. The van der Waals surface area contributed by atoms with Gasteiger partial charge in [0.05, 0.1) is 12.3 Å². The van der Waals surface area contributed by atoms with E-state index in [0.717, 1.165) is 18.1 Å². The lowest BCUT2D eigenvalue weighted by molar-refractivity contribution is 0.348. The van der Waals surface area contributed by atoms with Crippen molar-refractivity contribution in [2.75, 3.05) is 25.1 Å². The Morgan fingerprint density at radius 2 is 1.83 bits per heavy atom. The molecule has 2 N–H and O–H groups in total. The van der Waals surface area contributed by atoms with Gasteiger partial charge in [-0.15, -0.1) is 0 Å². The second-order valence-corrected chi connectivity index (χ2v) is 9.42. The lowest BCUT2D eigenvalue weighted by atomic mass is 9.90. The van der Waals surface area contributed by atoms with Crippen LogP contribution < -0.4 is 10.6 Å². The molecule has 0 aliphatic heterocycles. The van der Waals surface area contributed by atoms with E-state index in [-0.39, 0.29) is 11.2 Å². The number of aliphatic imine (C=N–C) groups is 1. The standard InChI is InChI=1S/C17H28ClN3O2S/c1-5-19-16(20-12-14-6-8-15(18)9-7-14)21-13-17(2,3)10-11-24(4,22)23/h6-9H,5,10-13H2,1-4H3,(H2,19,20,21). The minimum atomic E-state index is -2.94. The third kappa shape index (κ3) is 9.13. The molecule has 1 aromatic rings. The van der Waals surface area contributed by atoms with E-state index < -0.39 is 9.84 Å². The summed E-state index contributed by atoms with van der Waals surface area (Å²) in [6.45, 7) is 8.07. The molecule has 24 heavy (non-hydrogen) atoms. The first-order valence-corrected chi connectivity index (χ1v) is 10.5. The monoisotopic (exact) mass is 373 g/mol. The molecule has 0 aliphatic rings. The predicted octanol–water partition coefficient (Wildman–Crippen LogP) is 2.86. The molecule has 0 saturated carbocycles. The third-order valence-corrected chi connectivity index (χ3v) is 4.76. The maximum atomic E-state index is 11.3. The number of sulfone groups is 1. The van der Waals surface area contributed by atoms with Crippen LogP contribution in [0.3, 0.4) is 0 Å². The smallest absolute Gasteiger partial charge is 0.191 e. The molecule has 0 radical (unpaired) electrons. The van der Waals surface area contributed by atoms with Crippen molar-refractivity contribution < 1.29 is 8.42 Å². The molecule has 0 amide bonds. The Morgan fingerprint density at radius 3 is 2.38 bits per heavy atom. The summed E-state index contributed by atoms with van der Waals surface area (Å²) < 4.78 is 22.7. The van der Waals surface area contributed by atoms with E-state index in [1.165, 1.54) is 6.26 Å². The number of rotatable bonds is 8. The molecule has 0 spiro atoms. The van der Waals surface area contributed by atoms with Gasteiger partial charge in [-0.2, -0.15) is 0 Å². The van der Waals surface area contributed by atoms with Gasteiger partial charge < -0.3 is 10.6 Å². The highest BCUT2D eigenvalue weighted by atomic mass is 35.5. The molecule has 7 heteroatoms. The first-order valence-electron chi connectivity index (χ1n) is 8.06. The first-order chi connectivity index (χ1) is 11.1. The number of nitrogens with one attached hydrogen (secondary N) is 2. The molecule has 0 saturated heterocycles. The Bertz CT molecular complexity index is 640. The van der Waals surface area contributed by atoms with Crippen molar-refractivity contribution in [2.45, 2.75) is 33.7 Å². The van der Waals surface area contributed by atoms with Crippen LogP contribution in [0, 0.1) is 5.41 Å². The Morgan fingerprint density at radius 1 is 1.21 bits per heavy atom. The minimum Gasteiger partial charge on any atom is -0.357 e. The lowest BCUT2D eigenvalue weighted by Crippen LogP contribution is -2.42. The van der Waals surface area contributed by atoms with Gasteiger partial charge in [-0.05, 0) is 36.5 Å². The van der Waals surface area contributed by atoms with Crippen molar-refractivity contribution in [3.63, 3.8) is 0 Å². The molecule has 0 fully saturated rings. The Balaban J connectivity index is 2.61. The van der Waals surface area contributed by atoms with Gasteiger partial charge >= 0.3 is 0 Å². The average molecular weight is 374 g/mol. The second kappa shape index (κ2) is 9.28. The highest BCUT2D eigenvalue weighted by molar-refractivity contribution is 7.90. The summed E-state index contributed by atoms with van der Waals surface area (Å²) in [4.78, 5) is 4.56. The van der Waals surface area contributed by atoms with E-state index in [0.29, 0.717) is 24.5 Å². The molecule has 0 atom stereocenters. The second-order valence-electron chi connectivity index (χ2n) is 6.72. The van der Waals surface area contributed by atoms with E-state index >= 15 is 0 Å². The molecule has 0 heterocycles. The van der Waals surface area contributed by atoms with Crippen LogP contribution in [0.15, 0.2) is 29.3 Å². The summed E-state index contributed by atoms with van der Waals surface area (Å²) in [5.74, 6) is 0.917. The van der Waals surface area contributed by atoms with E-state index in [1.807, 2.05) is 45.0 Å². The molecule has 1 rings (SSSR count). The zero-order valence-electron chi connectivity index (χ0n) is 14.9. The number of halogens is 1. The van der Waals surface area contributed by atoms with Crippen LogP contribution in [0.2, 0.25) is 5.02 Å². The minimum absolute atomic E-state index is 0.139. The molecular formula is C17H28ClN3O2S. The third-order valence-electron chi connectivity index (χ3n) is 3.56. The van der Waals surface area contributed by atoms with Gasteiger partial charge in [0.2, 0.25) is 0 Å². The van der Waals surface area contributed by atoms with Crippen molar-refractivity contribution in [1.29, 1.82) is 0 Å². The topological polar surface area (TPSA) is 70.6 Å². The Labute approximate surface area is 150 Å². The molecule has 0 aromatic heterocycles. The quantitative estimate of drug-likeness (QED) is 0.543. The average Bonchev–Trinajstić information content (AvgIpc) is 2.49. The largest absolute Gasteiger partial charge is 0.357 e. The number of hydrogen-bond acceptors (Lipinski definition) is 3. The van der Waals surface area contributed by atoms with Gasteiger partial charge in [0.25, 0.3) is 0 Å². The van der Waals surface area contributed by atoms with Gasteiger partial charge in [0.15, 0.2) is 5.96 Å². The Hall–Kier alpha value is -1.27. The zero-order valence-corrected chi connectivity index (χ0v) is 16.5. The van der Waals surface area contributed by atoms with E-state index in [2.05, 4.69) is 15.6 Å². The summed E-state index contributed by atoms with van der Waals surface area (Å²) in [7, 11) is -2.94. The van der Waals surface area contributed by atoms with Crippen LogP contribution in [0.5, 0.6) is 0 Å².